The van der Waals surface area contributed by atoms with Crippen LogP contribution >= 0.6 is 63.5 Å². The van der Waals surface area contributed by atoms with E-state index >= 15 is 0 Å². The van der Waals surface area contributed by atoms with Crippen LogP contribution in [-0.4, -0.2) is 203 Å². The van der Waals surface area contributed by atoms with E-state index in [-0.39, 0.29) is 165 Å². The first-order valence-electron chi connectivity index (χ1n) is 45.5. The summed E-state index contributed by atoms with van der Waals surface area (Å²) >= 11 is 0. The second kappa shape index (κ2) is 66.3. The van der Waals surface area contributed by atoms with E-state index in [1.807, 2.05) is 71.9 Å². The van der Waals surface area contributed by atoms with Crippen molar-refractivity contribution in [2.75, 3.05) is 59.0 Å². The van der Waals surface area contributed by atoms with Crippen molar-refractivity contribution in [3.05, 3.63) is 141 Å². The Morgan fingerprint density at radius 1 is 0.418 bits per heavy atom. The smallest absolute Gasteiger partial charge is 0.328 e. The number of benzene rings is 3. The molecule has 8 saturated heterocycles. The van der Waals surface area contributed by atoms with Gasteiger partial charge in [0.1, 0.15) is 18.4 Å². The molecule has 0 aromatic heterocycles. The number of nitrogens with one attached hydrogen (secondary N) is 5. The lowest BCUT2D eigenvalue weighted by Gasteiger charge is -2.19. The van der Waals surface area contributed by atoms with Crippen molar-refractivity contribution in [3.8, 4) is 0 Å². The molecular weight excluding hydrogens is 1850 g/mol. The number of halogens is 1. The molecule has 16 unspecified atom stereocenters. The fraction of sp³-hybridized carbons (Fsp3) is 0.615. The first-order chi connectivity index (χ1) is 63.5. The van der Waals surface area contributed by atoms with E-state index in [0.717, 1.165) is 110 Å². The Hall–Kier alpha value is -8.22. The lowest BCUT2D eigenvalue weighted by atomic mass is 9.92. The van der Waals surface area contributed by atoms with E-state index in [2.05, 4.69) is 165 Å². The monoisotopic (exact) mass is 1990 g/mol. The molecule has 0 radical (unpaired) electrons. The molecule has 0 bridgehead atoms. The zero-order valence-electron chi connectivity index (χ0n) is 79.4. The van der Waals surface area contributed by atoms with Crippen LogP contribution < -0.4 is 71.1 Å². The van der Waals surface area contributed by atoms with Gasteiger partial charge in [-0.1, -0.05) is 122 Å². The fourth-order valence-electron chi connectivity index (χ4n) is 16.6. The lowest BCUT2D eigenvalue weighted by Crippen LogP contribution is -2.34. The van der Waals surface area contributed by atoms with Crippen LogP contribution in [0.15, 0.2) is 120 Å². The van der Waals surface area contributed by atoms with Crippen LogP contribution in [0.25, 0.3) is 0 Å². The number of nitrogens with zero attached hydrogens (tertiary/aromatic N) is 9. The zero-order valence-corrected chi connectivity index (χ0v) is 85.6. The number of amides is 8. The van der Waals surface area contributed by atoms with E-state index in [1.165, 1.54) is 50.1 Å². The number of likely N-dealkylation sites (tertiary alicyclic amines) is 3. The molecule has 8 aliphatic heterocycles. The Bertz CT molecular complexity index is 4490. The number of aldehydes is 1. The second-order valence-electron chi connectivity index (χ2n) is 34.7. The molecule has 8 fully saturated rings. The third-order valence-electron chi connectivity index (χ3n) is 24.2. The standard InChI is InChI=1S/C18H26N3OP.C18H26N2O.C16H24N3O2P.C9H18N3OP.C9H16N3OP.C7H12N3O3P.C7H12N3O2P.C7H12N2O3.ClH/c1-4-5-17(20-23-19)11-15-8-9-21(18(15)22)12-16-7-6-13(2)10-14(16)3;1-4-5-17(19)11-15-8-9-20(18(15)21)12-16-7-6-13(2)10-14(16)3;1-11-3-4-14(12(2)7-11)9-19-6-5-13(16(19)21)8-15(10-20)18-22-17;1-6(2)8(12-14-10)5-7-3-4-11-9(7)13;1-2-3-8(12-14-10)6-7-4-5-11-9(7)13;8-14-10-5(7(12)13)3-4-1-2-9-6(4)11;8-13-10-6(4-11)3-5-1-2-9-7(5)12;8-5(7(11)12)3-4-1-2-9-6(4)10;/h4-7,10,15,17H,8-9,11-12H2,1-3H3,(H2,19,20);4-7,10,15,17H,8-9,11-12,19H2,1-3H3;3-4,7,13,15,20H,5-6,8-10H2,1-2H3,(H2,17,18);6-8H,3-5H2,1-2H3,(H2,10,12)(H,11,13);2-3,7-8H,4-6H2,1H3,(H2,10,12)(H,11,13);4-5H,1-3H2,(H2,8,10)(H,9,11)(H,12,13);4-6H,1-3H2,(H2,8,10)(H,9,12);4-5H,1-3,8H2,(H,9,10)(H,11,12);1H/b2*5-4+;;;3-2+;;;;. The number of aliphatic hydroxyl groups is 1. The van der Waals surface area contributed by atoms with Crippen LogP contribution in [0.4, 0.5) is 0 Å². The van der Waals surface area contributed by atoms with Crippen molar-refractivity contribution in [2.24, 2.45) is 126 Å². The van der Waals surface area contributed by atoms with Gasteiger partial charge >= 0.3 is 11.9 Å². The van der Waals surface area contributed by atoms with Gasteiger partial charge in [0, 0.05) is 125 Å². The van der Waals surface area contributed by atoms with Crippen molar-refractivity contribution in [2.45, 2.75) is 247 Å². The van der Waals surface area contributed by atoms with Gasteiger partial charge in [-0.2, -0.15) is 0 Å². The summed E-state index contributed by atoms with van der Waals surface area (Å²) in [4.78, 5) is 131. The molecule has 134 heavy (non-hydrogen) atoms. The highest BCUT2D eigenvalue weighted by molar-refractivity contribution is 7.24. The summed E-state index contributed by atoms with van der Waals surface area (Å²) in [7, 11) is 2.62. The van der Waals surface area contributed by atoms with Gasteiger partial charge in [-0.15, -0.1) is 12.4 Å². The minimum Gasteiger partial charge on any atom is -0.480 e. The van der Waals surface area contributed by atoms with Gasteiger partial charge in [0.05, 0.1) is 81.9 Å². The minimum absolute atomic E-state index is 0. The van der Waals surface area contributed by atoms with Crippen molar-refractivity contribution in [1.82, 2.24) is 41.3 Å². The molecule has 8 heterocycles. The maximum Gasteiger partial charge on any atom is 0.328 e. The third-order valence-corrected chi connectivity index (χ3v) is 26.8. The largest absolute Gasteiger partial charge is 0.480 e. The zero-order chi connectivity index (χ0) is 98.7. The molecule has 0 spiro atoms. The number of carbonyl (C=O) groups is 11. The average molecular weight is 1990 g/mol. The first kappa shape index (κ1) is 120. The Kier molecular flexibility index (Phi) is 59.4. The molecule has 742 valence electrons. The summed E-state index contributed by atoms with van der Waals surface area (Å²) < 4.78 is 24.5. The molecule has 43 heteroatoms. The molecule has 24 N–H and O–H groups in total. The quantitative estimate of drug-likeness (QED) is 0.0146. The molecule has 16 atom stereocenters. The number of carboxylic acids is 2. The van der Waals surface area contributed by atoms with Crippen LogP contribution in [-0.2, 0) is 72.4 Å². The summed E-state index contributed by atoms with van der Waals surface area (Å²) in [5.41, 5.74) is 54.3. The van der Waals surface area contributed by atoms with Gasteiger partial charge < -0.3 is 72.9 Å². The summed E-state index contributed by atoms with van der Waals surface area (Å²) in [6, 6.07) is 17.1. The molecule has 8 aliphatic rings. The van der Waals surface area contributed by atoms with Crippen molar-refractivity contribution in [1.29, 1.82) is 0 Å². The van der Waals surface area contributed by atoms with Crippen molar-refractivity contribution < 1.29 is 68.1 Å². The van der Waals surface area contributed by atoms with Crippen molar-refractivity contribution >= 4 is 129 Å². The molecule has 0 saturated carbocycles. The van der Waals surface area contributed by atoms with Crippen LogP contribution in [0.5, 0.6) is 0 Å². The Morgan fingerprint density at radius 2 is 0.739 bits per heavy atom. The van der Waals surface area contributed by atoms with E-state index < -0.39 is 30.1 Å². The number of aliphatic hydroxyl groups excluding tert-OH is 1. The lowest BCUT2D eigenvalue weighted by molar-refractivity contribution is -0.140. The molecule has 36 nitrogen and oxygen atoms in total. The predicted octanol–water partition coefficient (Wildman–Crippen LogP) is 11.7. The highest BCUT2D eigenvalue weighted by Crippen LogP contribution is 2.32. The van der Waals surface area contributed by atoms with Gasteiger partial charge in [-0.25, -0.2) is 33.3 Å². The molecule has 11 rings (SSSR count). The number of hydrogen-bond acceptors (Lipinski definition) is 20. The van der Waals surface area contributed by atoms with E-state index in [9.17, 15) is 57.8 Å². The molecular formula is C91H147ClN22O14P6. The van der Waals surface area contributed by atoms with E-state index in [4.69, 9.17) is 54.7 Å². The highest BCUT2D eigenvalue weighted by Gasteiger charge is 2.38. The summed E-state index contributed by atoms with van der Waals surface area (Å²) in [5.74, 6) is -0.890. The van der Waals surface area contributed by atoms with Gasteiger partial charge in [0.15, 0.2) is 6.04 Å². The highest BCUT2D eigenvalue weighted by atomic mass is 35.5. The number of carbonyl (C=O) groups excluding carboxylic acids is 9. The van der Waals surface area contributed by atoms with E-state index in [1.54, 1.807) is 0 Å². The van der Waals surface area contributed by atoms with Crippen LogP contribution in [0.1, 0.15) is 187 Å². The number of hydrogen-bond donors (Lipinski definition) is 16. The van der Waals surface area contributed by atoms with Crippen LogP contribution in [0, 0.1) is 94.8 Å². The SMILES string of the molecule is C/C=C/C(CC1CCN(Cc2ccc(C)cc2C)C1=O)N=PN.C/C=C/C(CC1CCNC1=O)N=PN.C/C=C/C(N)CC1CCN(Cc2ccc(C)cc2C)C1=O.CC(C)C(CC1CCNC1=O)N=PN.Cc1ccc(CN2CCC(CC(CO)N=PN)C2=O)c(C)c1.Cl.NC(CC1CCNC1=O)C(=O)O.NP=NC(C=O)CC1CCNC1=O.NP=NC(CC1CCNC1=O)C(=O)O. The molecule has 0 aliphatic carbocycles. The predicted molar refractivity (Wildman–Crippen MR) is 536 cm³/mol. The second-order valence-corrected chi connectivity index (χ2v) is 37.5. The van der Waals surface area contributed by atoms with Crippen molar-refractivity contribution in [3.63, 3.8) is 0 Å². The number of aryl methyl sites for hydroxylation is 6. The normalized spacial score (nSPS) is 22.2. The van der Waals surface area contributed by atoms with E-state index in [0.29, 0.717) is 107 Å². The van der Waals surface area contributed by atoms with Gasteiger partial charge in [0.2, 0.25) is 47.3 Å². The summed E-state index contributed by atoms with van der Waals surface area (Å²) in [5, 5.41) is 40.2. The topological polar surface area (TPSA) is 601 Å². The van der Waals surface area contributed by atoms with Crippen LogP contribution in [0.3, 0.4) is 0 Å². The molecule has 8 amide bonds. The first-order valence-corrected chi connectivity index (χ1v) is 51.0. The van der Waals surface area contributed by atoms with Crippen LogP contribution in [0.2, 0.25) is 0 Å². The summed E-state index contributed by atoms with van der Waals surface area (Å²) in [6.07, 6.45) is 24.0. The third kappa shape index (κ3) is 43.6. The van der Waals surface area contributed by atoms with Gasteiger partial charge in [-0.05, 0) is 204 Å². The number of nitrogens with two attached hydrogens (primary N) is 8. The fourth-order valence-corrected chi connectivity index (χ4v) is 18.9. The number of allylic oxidation sites excluding steroid dienone is 3. The Balaban J connectivity index is 0.000000399. The number of carboxylic acid groups (broad SMARTS) is 2. The van der Waals surface area contributed by atoms with Gasteiger partial charge in [0.25, 0.3) is 0 Å². The minimum atomic E-state index is -1.05. The molecule has 3 aromatic rings. The Labute approximate surface area is 806 Å². The van der Waals surface area contributed by atoms with Gasteiger partial charge in [-0.3, -0.25) is 76.2 Å². The maximum atomic E-state index is 12.7. The summed E-state index contributed by atoms with van der Waals surface area (Å²) in [6.45, 7) is 30.8. The average Bonchev–Trinajstić information content (AvgIpc) is 1.68. The number of aliphatic carboxylic acids is 2. The maximum absolute atomic E-state index is 12.7. The Morgan fingerprint density at radius 3 is 1.04 bits per heavy atom. The molecule has 3 aromatic carbocycles. The number of rotatable bonds is 36.